The Bertz CT molecular complexity index is 1710. The van der Waals surface area contributed by atoms with Crippen molar-refractivity contribution in [2.24, 2.45) is 0 Å². The van der Waals surface area contributed by atoms with Crippen molar-refractivity contribution in [1.82, 2.24) is 0 Å². The van der Waals surface area contributed by atoms with Crippen LogP contribution < -0.4 is 0 Å². The minimum absolute atomic E-state index is 0.227. The fourth-order valence-electron chi connectivity index (χ4n) is 6.11. The zero-order valence-corrected chi connectivity index (χ0v) is 30.6. The third-order valence-corrected chi connectivity index (χ3v) is 9.31. The van der Waals surface area contributed by atoms with E-state index >= 15 is 0 Å². The molecule has 0 bridgehead atoms. The first-order chi connectivity index (χ1) is 28.7. The third-order valence-electron chi connectivity index (χ3n) is 9.31. The van der Waals surface area contributed by atoms with Gasteiger partial charge in [0, 0.05) is 22.3 Å². The Morgan fingerprint density at radius 3 is 0.797 bits per heavy atom. The molecule has 0 amide bonds. The van der Waals surface area contributed by atoms with Crippen LogP contribution in [0.5, 0.6) is 0 Å². The van der Waals surface area contributed by atoms with E-state index in [2.05, 4.69) is 28.4 Å². The molecule has 366 valence electrons. The maximum Gasteiger partial charge on any atom is 0.430 e. The zero-order chi connectivity index (χ0) is 49.2. The molecule has 64 heavy (non-hydrogen) atoms. The number of aliphatic hydroxyl groups is 1. The van der Waals surface area contributed by atoms with E-state index in [9.17, 15) is 110 Å². The van der Waals surface area contributed by atoms with E-state index in [1.165, 1.54) is 0 Å². The van der Waals surface area contributed by atoms with Gasteiger partial charge in [0.1, 0.15) is 18.3 Å². The molecular weight excluding hydrogens is 964 g/mol. The lowest BCUT2D eigenvalue weighted by atomic mass is 9.85. The number of halogens is 24. The lowest BCUT2D eigenvalue weighted by Gasteiger charge is -2.41. The largest absolute Gasteiger partial charge is 0.430 e. The first-order valence-electron chi connectivity index (χ1n) is 16.9. The third kappa shape index (κ3) is 9.52. The number of benzene rings is 2. The molecule has 2 heterocycles. The Morgan fingerprint density at radius 1 is 0.406 bits per heavy atom. The number of hydrogen-bond donors (Lipinski definition) is 1. The summed E-state index contributed by atoms with van der Waals surface area (Å²) in [6.07, 6.45) is -62.0. The van der Waals surface area contributed by atoms with Gasteiger partial charge >= 0.3 is 49.4 Å². The van der Waals surface area contributed by atoms with Crippen LogP contribution in [-0.4, -0.2) is 112 Å². The van der Waals surface area contributed by atoms with E-state index in [4.69, 9.17) is 0 Å². The number of hydrogen-bond acceptors (Lipinski definition) is 7. The van der Waals surface area contributed by atoms with E-state index in [1.807, 2.05) is 0 Å². The van der Waals surface area contributed by atoms with E-state index < -0.39 is 176 Å². The molecule has 2 aliphatic heterocycles. The van der Waals surface area contributed by atoms with Crippen LogP contribution in [-0.2, 0) is 50.8 Å². The molecule has 7 nitrogen and oxygen atoms in total. The molecule has 2 aliphatic rings. The number of rotatable bonds is 16. The van der Waals surface area contributed by atoms with Crippen LogP contribution in [0.4, 0.5) is 105 Å². The van der Waals surface area contributed by atoms with Crippen LogP contribution in [0, 0.1) is 0 Å². The van der Waals surface area contributed by atoms with E-state index in [0.29, 0.717) is 0 Å². The van der Waals surface area contributed by atoms with Crippen LogP contribution in [0.2, 0.25) is 0 Å². The summed E-state index contributed by atoms with van der Waals surface area (Å²) >= 11 is 0. The van der Waals surface area contributed by atoms with E-state index in [1.54, 1.807) is 0 Å². The Hall–Kier alpha value is -3.52. The van der Waals surface area contributed by atoms with E-state index in [0.717, 1.165) is 0 Å². The van der Waals surface area contributed by atoms with Crippen molar-refractivity contribution in [2.75, 3.05) is 39.6 Å². The molecule has 0 aromatic heterocycles. The van der Waals surface area contributed by atoms with Crippen LogP contribution in [0.1, 0.15) is 22.3 Å². The predicted molar refractivity (Wildman–Crippen MR) is 157 cm³/mol. The maximum absolute atomic E-state index is 14.6. The Labute approximate surface area is 340 Å². The van der Waals surface area contributed by atoms with Gasteiger partial charge in [-0.3, -0.25) is 0 Å². The van der Waals surface area contributed by atoms with Crippen LogP contribution in [0.3, 0.4) is 0 Å². The van der Waals surface area contributed by atoms with Crippen molar-refractivity contribution < 1.29 is 139 Å². The van der Waals surface area contributed by atoms with Crippen LogP contribution >= 0.6 is 0 Å². The highest BCUT2D eigenvalue weighted by Gasteiger charge is 2.78. The highest BCUT2D eigenvalue weighted by atomic mass is 19.4. The molecule has 4 rings (SSSR count). The fraction of sp³-hybridized carbons (Fsp3) is 0.636. The SMILES string of the molecule is OC(COC(c1cccc(C(OCC2CO2)(C(F)(F)F)C(F)(F)F)c1)(C(F)(F)F)C(F)(F)F)COC(c1cccc(C(OCC2CO2)(C(F)(F)F)C(F)(F)F)c1)(C(F)(F)F)C(F)(F)F. The van der Waals surface area contributed by atoms with Gasteiger partial charge in [-0.15, -0.1) is 0 Å². The molecule has 0 saturated carbocycles. The summed E-state index contributed by atoms with van der Waals surface area (Å²) in [5.41, 5.74) is -34.4. The summed E-state index contributed by atoms with van der Waals surface area (Å²) in [7, 11) is 0. The first-order valence-corrected chi connectivity index (χ1v) is 16.9. The molecule has 0 aliphatic carbocycles. The summed E-state index contributed by atoms with van der Waals surface area (Å²) in [4.78, 5) is 0. The molecule has 31 heteroatoms. The summed E-state index contributed by atoms with van der Waals surface area (Å²) in [6, 6.07) is -3.90. The Kier molecular flexibility index (Phi) is 14.1. The second-order valence-electron chi connectivity index (χ2n) is 13.7. The average Bonchev–Trinajstić information content (AvgIpc) is 4.01. The molecule has 1 N–H and O–H groups in total. The highest BCUT2D eigenvalue weighted by Crippen LogP contribution is 2.59. The van der Waals surface area contributed by atoms with Gasteiger partial charge in [0.15, 0.2) is 0 Å². The maximum atomic E-state index is 14.6. The smallest absolute Gasteiger partial charge is 0.388 e. The Morgan fingerprint density at radius 2 is 0.609 bits per heavy atom. The number of epoxide rings is 2. The normalized spacial score (nSPS) is 19.5. The summed E-state index contributed by atoms with van der Waals surface area (Å²) in [5, 5.41) is 10.2. The van der Waals surface area contributed by atoms with Crippen molar-refractivity contribution in [1.29, 1.82) is 0 Å². The van der Waals surface area contributed by atoms with Crippen molar-refractivity contribution in [3.05, 3.63) is 70.8 Å². The van der Waals surface area contributed by atoms with Crippen molar-refractivity contribution in [3.8, 4) is 0 Å². The lowest BCUT2D eigenvalue weighted by molar-refractivity contribution is -0.400. The van der Waals surface area contributed by atoms with Crippen molar-refractivity contribution in [3.63, 3.8) is 0 Å². The standard InChI is InChI=1S/C33H24F24O7/c34-26(35,36)22(27(37,38)39,15-3-1-5-17(7-15)24(30(46,47)48,31(49,50)51)63-13-20-11-59-20)61-9-19(58)10-62-23(28(40,41)42,29(43,44)45)16-4-2-6-18(8-16)25(32(52,53)54,33(55,56)57)64-14-21-12-60-21/h1-8,19-21,58H,9-14H2. The molecule has 2 atom stereocenters. The summed E-state index contributed by atoms with van der Waals surface area (Å²) in [5.74, 6) is 0. The molecular formula is C33H24F24O7. The van der Waals surface area contributed by atoms with Gasteiger partial charge in [0.25, 0.3) is 22.4 Å². The van der Waals surface area contributed by atoms with Crippen LogP contribution in [0.15, 0.2) is 48.5 Å². The second kappa shape index (κ2) is 17.0. The number of ether oxygens (including phenoxy) is 6. The Balaban J connectivity index is 1.81. The predicted octanol–water partition coefficient (Wildman–Crippen LogP) is 9.89. The van der Waals surface area contributed by atoms with Gasteiger partial charge in [0.05, 0.1) is 39.6 Å². The quantitative estimate of drug-likeness (QED) is 0.133. The van der Waals surface area contributed by atoms with E-state index in [-0.39, 0.29) is 24.3 Å². The average molecular weight is 989 g/mol. The monoisotopic (exact) mass is 988 g/mol. The zero-order valence-electron chi connectivity index (χ0n) is 30.6. The topological polar surface area (TPSA) is 82.2 Å². The van der Waals surface area contributed by atoms with Gasteiger partial charge in [-0.1, -0.05) is 36.4 Å². The fourth-order valence-corrected chi connectivity index (χ4v) is 6.11. The van der Waals surface area contributed by atoms with Gasteiger partial charge in [-0.05, 0) is 12.1 Å². The second-order valence-corrected chi connectivity index (χ2v) is 13.7. The molecule has 2 fully saturated rings. The summed E-state index contributed by atoms with van der Waals surface area (Å²) < 4.78 is 370. The van der Waals surface area contributed by atoms with Crippen molar-refractivity contribution >= 4 is 0 Å². The van der Waals surface area contributed by atoms with Gasteiger partial charge in [-0.25, -0.2) is 0 Å². The molecule has 2 unspecified atom stereocenters. The highest BCUT2D eigenvalue weighted by molar-refractivity contribution is 5.38. The molecule has 2 aromatic carbocycles. The minimum Gasteiger partial charge on any atom is -0.388 e. The van der Waals surface area contributed by atoms with Crippen molar-refractivity contribution in [2.45, 2.75) is 90.1 Å². The van der Waals surface area contributed by atoms with Crippen LogP contribution in [0.25, 0.3) is 0 Å². The van der Waals surface area contributed by atoms with Gasteiger partial charge in [0.2, 0.25) is 0 Å². The minimum atomic E-state index is -7.12. The molecule has 0 spiro atoms. The number of aliphatic hydroxyl groups excluding tert-OH is 1. The van der Waals surface area contributed by atoms with Gasteiger partial charge in [-0.2, -0.15) is 105 Å². The summed E-state index contributed by atoms with van der Waals surface area (Å²) in [6.45, 7) is -9.89. The molecule has 2 saturated heterocycles. The lowest BCUT2D eigenvalue weighted by Crippen LogP contribution is -2.59. The molecule has 2 aromatic rings. The number of alkyl halides is 24. The molecule has 0 radical (unpaired) electrons. The van der Waals surface area contributed by atoms with Gasteiger partial charge < -0.3 is 33.5 Å². The first kappa shape index (κ1) is 53.1.